The maximum Gasteiger partial charge on any atom is 0.437 e. The minimum Gasteiger partial charge on any atom is -0.363 e. The fraction of sp³-hybridized carbons (Fsp3) is 0.250. The number of Topliss-reactive ketones (excluding diaryl/α,β-unsaturated/α-hetero) is 1. The van der Waals surface area contributed by atoms with Crippen LogP contribution in [0.15, 0.2) is 60.0 Å². The van der Waals surface area contributed by atoms with Crippen LogP contribution in [0.4, 0.5) is 18.0 Å². The second-order valence-corrected chi connectivity index (χ2v) is 9.15. The maximum atomic E-state index is 14.1. The highest BCUT2D eigenvalue weighted by Crippen LogP contribution is 2.45. The Balaban J connectivity index is 1.72. The number of benzene rings is 2. The van der Waals surface area contributed by atoms with Crippen LogP contribution in [-0.2, 0) is 6.54 Å². The van der Waals surface area contributed by atoms with Crippen molar-refractivity contribution >= 4 is 45.0 Å². The Morgan fingerprint density at radius 3 is 2.53 bits per heavy atom. The zero-order valence-corrected chi connectivity index (χ0v) is 18.7. The van der Waals surface area contributed by atoms with Crippen LogP contribution in [0.2, 0.25) is 0 Å². The highest BCUT2D eigenvalue weighted by Gasteiger charge is 2.66. The highest BCUT2D eigenvalue weighted by molar-refractivity contribution is 7.12. The van der Waals surface area contributed by atoms with E-state index in [4.69, 9.17) is 0 Å². The van der Waals surface area contributed by atoms with E-state index in [-0.39, 0.29) is 4.88 Å². The molecule has 0 saturated carbocycles. The van der Waals surface area contributed by atoms with Crippen LogP contribution in [0.5, 0.6) is 0 Å². The molecule has 4 aromatic rings. The lowest BCUT2D eigenvalue weighted by atomic mass is 9.78. The summed E-state index contributed by atoms with van der Waals surface area (Å²) in [7, 11) is 0. The third kappa shape index (κ3) is 3.28. The summed E-state index contributed by atoms with van der Waals surface area (Å²) in [6.07, 6.45) is -5.29. The zero-order chi connectivity index (χ0) is 24.3. The number of carbonyl (C=O) groups is 2. The molecule has 0 bridgehead atoms. The van der Waals surface area contributed by atoms with Crippen LogP contribution in [0.1, 0.15) is 28.2 Å². The second kappa shape index (κ2) is 7.85. The van der Waals surface area contributed by atoms with Gasteiger partial charge in [0, 0.05) is 28.4 Å². The largest absolute Gasteiger partial charge is 0.437 e. The van der Waals surface area contributed by atoms with E-state index < -0.39 is 35.7 Å². The Hall–Kier alpha value is -3.37. The standard InChI is InChI=1S/C24H20F3N3O3S/c1-2-30-16-7-4-3-6-14(16)15-12-13(9-10-17(15)30)20-19(21(31)18-8-5-11-34-18)23(33,24(25,26)27)29-22(32)28-20/h3-12,19-20,33H,2H2,1H3,(H2,28,29,32)/t19-,20+,23+/m1/s1. The quantitative estimate of drug-likeness (QED) is 0.355. The van der Waals surface area contributed by atoms with Gasteiger partial charge >= 0.3 is 12.2 Å². The van der Waals surface area contributed by atoms with Crippen molar-refractivity contribution in [2.45, 2.75) is 31.4 Å². The molecule has 2 aromatic heterocycles. The van der Waals surface area contributed by atoms with Gasteiger partial charge in [0.1, 0.15) is 5.92 Å². The second-order valence-electron chi connectivity index (χ2n) is 8.20. The van der Waals surface area contributed by atoms with Crippen LogP contribution in [0.25, 0.3) is 21.8 Å². The number of ketones is 1. The normalized spacial score (nSPS) is 23.1. The van der Waals surface area contributed by atoms with Gasteiger partial charge in [-0.3, -0.25) is 4.79 Å². The minimum absolute atomic E-state index is 0.0549. The third-order valence-corrected chi connectivity index (χ3v) is 7.21. The van der Waals surface area contributed by atoms with Gasteiger partial charge in [0.05, 0.1) is 10.9 Å². The van der Waals surface area contributed by atoms with E-state index in [1.54, 1.807) is 35.0 Å². The predicted molar refractivity (Wildman–Crippen MR) is 123 cm³/mol. The van der Waals surface area contributed by atoms with Crippen molar-refractivity contribution in [2.75, 3.05) is 0 Å². The molecule has 1 saturated heterocycles. The molecular weight excluding hydrogens is 467 g/mol. The molecule has 0 unspecified atom stereocenters. The van der Waals surface area contributed by atoms with E-state index in [1.807, 2.05) is 31.2 Å². The monoisotopic (exact) mass is 487 g/mol. The summed E-state index contributed by atoms with van der Waals surface area (Å²) in [6, 6.07) is 13.0. The van der Waals surface area contributed by atoms with Crippen molar-refractivity contribution in [3.8, 4) is 0 Å². The van der Waals surface area contributed by atoms with E-state index in [1.165, 1.54) is 6.07 Å². The van der Waals surface area contributed by atoms with E-state index in [9.17, 15) is 27.9 Å². The number of halogens is 3. The zero-order valence-electron chi connectivity index (χ0n) is 17.9. The number of para-hydroxylation sites is 1. The molecule has 5 rings (SSSR count). The van der Waals surface area contributed by atoms with Gasteiger partial charge in [-0.25, -0.2) is 4.79 Å². The number of nitrogens with zero attached hydrogens (tertiary/aromatic N) is 1. The number of alkyl halides is 3. The molecule has 3 atom stereocenters. The smallest absolute Gasteiger partial charge is 0.363 e. The van der Waals surface area contributed by atoms with Gasteiger partial charge < -0.3 is 20.3 Å². The first kappa shape index (κ1) is 22.4. The van der Waals surface area contributed by atoms with Crippen molar-refractivity contribution in [3.05, 3.63) is 70.4 Å². The Morgan fingerprint density at radius 2 is 1.85 bits per heavy atom. The van der Waals surface area contributed by atoms with Crippen molar-refractivity contribution in [1.29, 1.82) is 0 Å². The number of hydrogen-bond acceptors (Lipinski definition) is 4. The van der Waals surface area contributed by atoms with Crippen molar-refractivity contribution in [1.82, 2.24) is 15.2 Å². The van der Waals surface area contributed by atoms with Crippen LogP contribution >= 0.6 is 11.3 Å². The van der Waals surface area contributed by atoms with Crippen LogP contribution in [0.3, 0.4) is 0 Å². The van der Waals surface area contributed by atoms with Crippen LogP contribution < -0.4 is 10.6 Å². The number of carbonyl (C=O) groups excluding carboxylic acids is 2. The fourth-order valence-corrected chi connectivity index (χ4v) is 5.50. The fourth-order valence-electron chi connectivity index (χ4n) is 4.79. The van der Waals surface area contributed by atoms with Crippen molar-refractivity contribution in [3.63, 3.8) is 0 Å². The molecule has 3 N–H and O–H groups in total. The van der Waals surface area contributed by atoms with Gasteiger partial charge in [0.15, 0.2) is 5.78 Å². The lowest BCUT2D eigenvalue weighted by Crippen LogP contribution is -2.72. The Labute approximate surface area is 196 Å². The summed E-state index contributed by atoms with van der Waals surface area (Å²) in [5.41, 5.74) is -1.61. The molecule has 176 valence electrons. The van der Waals surface area contributed by atoms with Crippen molar-refractivity contribution in [2.24, 2.45) is 5.92 Å². The lowest BCUT2D eigenvalue weighted by molar-refractivity contribution is -0.287. The number of aliphatic hydroxyl groups is 1. The third-order valence-electron chi connectivity index (χ3n) is 6.32. The number of aromatic nitrogens is 1. The molecule has 10 heteroatoms. The summed E-state index contributed by atoms with van der Waals surface area (Å²) >= 11 is 0.973. The summed E-state index contributed by atoms with van der Waals surface area (Å²) in [6.45, 7) is 2.67. The van der Waals surface area contributed by atoms with Crippen molar-refractivity contribution < 1.29 is 27.9 Å². The first-order chi connectivity index (χ1) is 16.2. The van der Waals surface area contributed by atoms with E-state index >= 15 is 0 Å². The molecule has 34 heavy (non-hydrogen) atoms. The first-order valence-electron chi connectivity index (χ1n) is 10.6. The number of aryl methyl sites for hydroxylation is 1. The summed E-state index contributed by atoms with van der Waals surface area (Å²) in [5.74, 6) is -2.95. The number of nitrogens with one attached hydrogen (secondary N) is 2. The van der Waals surface area contributed by atoms with Gasteiger partial charge in [-0.2, -0.15) is 13.2 Å². The number of thiophene rings is 1. The average Bonchev–Trinajstić information content (AvgIpc) is 3.43. The predicted octanol–water partition coefficient (Wildman–Crippen LogP) is 4.98. The molecule has 2 amide bonds. The summed E-state index contributed by atoms with van der Waals surface area (Å²) in [5, 5.41) is 18.0. The van der Waals surface area contributed by atoms with Gasteiger partial charge in [0.2, 0.25) is 5.72 Å². The molecular formula is C24H20F3N3O3S. The number of amides is 2. The molecule has 1 fully saturated rings. The van der Waals surface area contributed by atoms with E-state index in [0.717, 1.165) is 33.1 Å². The average molecular weight is 488 g/mol. The number of urea groups is 1. The Morgan fingerprint density at radius 1 is 1.12 bits per heavy atom. The van der Waals surface area contributed by atoms with E-state index in [0.29, 0.717) is 12.1 Å². The highest BCUT2D eigenvalue weighted by atomic mass is 32.1. The SMILES string of the molecule is CCn1c2ccccc2c2cc([C@@H]3NC(=O)N[C@@](O)(C(F)(F)F)[C@H]3C(=O)c3cccs3)ccc21. The number of fused-ring (bicyclic) bond motifs is 3. The van der Waals surface area contributed by atoms with Gasteiger partial charge in [-0.05, 0) is 42.1 Å². The number of rotatable bonds is 4. The number of hydrogen-bond donors (Lipinski definition) is 3. The minimum atomic E-state index is -5.29. The molecule has 0 radical (unpaired) electrons. The molecule has 2 aromatic carbocycles. The van der Waals surface area contributed by atoms with Crippen LogP contribution in [0, 0.1) is 5.92 Å². The Kier molecular flexibility index (Phi) is 5.18. The van der Waals surface area contributed by atoms with Crippen LogP contribution in [-0.4, -0.2) is 33.4 Å². The Bertz CT molecular complexity index is 1410. The molecule has 1 aliphatic rings. The molecule has 3 heterocycles. The van der Waals surface area contributed by atoms with Gasteiger partial charge in [0.25, 0.3) is 0 Å². The molecule has 0 spiro atoms. The first-order valence-corrected chi connectivity index (χ1v) is 11.5. The topological polar surface area (TPSA) is 83.4 Å². The lowest BCUT2D eigenvalue weighted by Gasteiger charge is -2.44. The molecule has 1 aliphatic heterocycles. The maximum absolute atomic E-state index is 14.1. The molecule has 6 nitrogen and oxygen atoms in total. The van der Waals surface area contributed by atoms with Gasteiger partial charge in [-0.1, -0.05) is 30.3 Å². The van der Waals surface area contributed by atoms with E-state index in [2.05, 4.69) is 9.88 Å². The summed E-state index contributed by atoms with van der Waals surface area (Å²) < 4.78 is 44.4. The van der Waals surface area contributed by atoms with Gasteiger partial charge in [-0.15, -0.1) is 11.3 Å². The summed E-state index contributed by atoms with van der Waals surface area (Å²) in [4.78, 5) is 25.6. The molecule has 0 aliphatic carbocycles.